The van der Waals surface area contributed by atoms with Gasteiger partial charge in [0.15, 0.2) is 0 Å². The van der Waals surface area contributed by atoms with Gasteiger partial charge in [-0.15, -0.1) is 0 Å². The zero-order valence-electron chi connectivity index (χ0n) is 12.4. The zero-order valence-corrected chi connectivity index (χ0v) is 12.4. The predicted octanol–water partition coefficient (Wildman–Crippen LogP) is 1.29. The van der Waals surface area contributed by atoms with E-state index in [0.717, 1.165) is 5.56 Å². The third-order valence-corrected chi connectivity index (χ3v) is 3.08. The summed E-state index contributed by atoms with van der Waals surface area (Å²) in [5.74, 6) is 0.382. The van der Waals surface area contributed by atoms with Crippen LogP contribution in [0.4, 0.5) is 11.5 Å². The maximum Gasteiger partial charge on any atom is 0.287 e. The van der Waals surface area contributed by atoms with Crippen molar-refractivity contribution in [3.63, 3.8) is 0 Å². The van der Waals surface area contributed by atoms with Gasteiger partial charge in [0.2, 0.25) is 0 Å². The molecule has 0 spiro atoms. The molecule has 0 unspecified atom stereocenters. The van der Waals surface area contributed by atoms with Gasteiger partial charge >= 0.3 is 0 Å². The number of rotatable bonds is 7. The van der Waals surface area contributed by atoms with Crippen LogP contribution in [0.3, 0.4) is 0 Å². The normalized spacial score (nSPS) is 10.1. The lowest BCUT2D eigenvalue weighted by molar-refractivity contribution is -0.385. The minimum absolute atomic E-state index is 0.0524. The van der Waals surface area contributed by atoms with E-state index in [0.29, 0.717) is 31.0 Å². The van der Waals surface area contributed by atoms with E-state index in [4.69, 9.17) is 5.73 Å². The summed E-state index contributed by atoms with van der Waals surface area (Å²) in [7, 11) is 0. The summed E-state index contributed by atoms with van der Waals surface area (Å²) >= 11 is 0. The zero-order chi connectivity index (χ0) is 16.7. The molecule has 0 bridgehead atoms. The van der Waals surface area contributed by atoms with Gasteiger partial charge in [0, 0.05) is 31.3 Å². The number of pyridine rings is 1. The Morgan fingerprint density at radius 1 is 1.22 bits per heavy atom. The predicted molar refractivity (Wildman–Crippen MR) is 86.0 cm³/mol. The van der Waals surface area contributed by atoms with Crippen LogP contribution in [-0.2, 0) is 6.54 Å². The summed E-state index contributed by atoms with van der Waals surface area (Å²) in [4.78, 5) is 25.8. The highest BCUT2D eigenvalue weighted by molar-refractivity contribution is 5.94. The van der Waals surface area contributed by atoms with Crippen molar-refractivity contribution >= 4 is 17.4 Å². The first kappa shape index (κ1) is 16.4. The van der Waals surface area contributed by atoms with E-state index < -0.39 is 4.92 Å². The van der Waals surface area contributed by atoms with Crippen LogP contribution in [0, 0.1) is 10.1 Å². The number of hydrogen-bond donors (Lipinski definition) is 3. The van der Waals surface area contributed by atoms with Crippen LogP contribution in [0.1, 0.15) is 15.9 Å². The number of benzene rings is 1. The monoisotopic (exact) mass is 315 g/mol. The maximum atomic E-state index is 11.7. The number of nitrogens with one attached hydrogen (secondary N) is 2. The SMILES string of the molecule is NCCNC(=O)c1ccc(CNc2ccc([N+](=O)[O-])cn2)cc1. The van der Waals surface area contributed by atoms with Crippen molar-refractivity contribution in [1.29, 1.82) is 0 Å². The van der Waals surface area contributed by atoms with Gasteiger partial charge in [0.25, 0.3) is 11.6 Å². The van der Waals surface area contributed by atoms with Gasteiger partial charge in [-0.2, -0.15) is 0 Å². The molecule has 1 aromatic heterocycles. The lowest BCUT2D eigenvalue weighted by Crippen LogP contribution is -2.28. The van der Waals surface area contributed by atoms with Gasteiger partial charge in [0.05, 0.1) is 4.92 Å². The molecule has 8 nitrogen and oxygen atoms in total. The first-order valence-electron chi connectivity index (χ1n) is 7.01. The van der Waals surface area contributed by atoms with Gasteiger partial charge < -0.3 is 16.4 Å². The van der Waals surface area contributed by atoms with Crippen molar-refractivity contribution in [1.82, 2.24) is 10.3 Å². The summed E-state index contributed by atoms with van der Waals surface area (Å²) < 4.78 is 0. The molecular weight excluding hydrogens is 298 g/mol. The molecular formula is C15H17N5O3. The van der Waals surface area contributed by atoms with Crippen LogP contribution in [0.15, 0.2) is 42.6 Å². The number of aromatic nitrogens is 1. The molecule has 0 radical (unpaired) electrons. The van der Waals surface area contributed by atoms with Crippen LogP contribution in [0.5, 0.6) is 0 Å². The summed E-state index contributed by atoms with van der Waals surface area (Å²) in [6.45, 7) is 1.33. The van der Waals surface area contributed by atoms with Crippen LogP contribution < -0.4 is 16.4 Å². The molecule has 1 amide bonds. The Hall–Kier alpha value is -3.00. The van der Waals surface area contributed by atoms with Crippen LogP contribution >= 0.6 is 0 Å². The number of hydrogen-bond acceptors (Lipinski definition) is 6. The molecule has 0 saturated carbocycles. The largest absolute Gasteiger partial charge is 0.366 e. The standard InChI is InChI=1S/C15H17N5O3/c16-7-8-17-15(21)12-3-1-11(2-4-12)9-18-14-6-5-13(10-19-14)20(22)23/h1-6,10H,7-9,16H2,(H,17,21)(H,18,19). The second kappa shape index (κ2) is 7.85. The molecule has 0 saturated heterocycles. The Bertz CT molecular complexity index is 671. The highest BCUT2D eigenvalue weighted by Crippen LogP contribution is 2.13. The molecule has 0 aliphatic carbocycles. The van der Waals surface area contributed by atoms with E-state index in [1.54, 1.807) is 18.2 Å². The first-order valence-corrected chi connectivity index (χ1v) is 7.01. The lowest BCUT2D eigenvalue weighted by atomic mass is 10.1. The number of nitro groups is 1. The fourth-order valence-corrected chi connectivity index (χ4v) is 1.85. The second-order valence-corrected chi connectivity index (χ2v) is 4.75. The van der Waals surface area contributed by atoms with Crippen molar-refractivity contribution in [2.45, 2.75) is 6.54 Å². The maximum absolute atomic E-state index is 11.7. The van der Waals surface area contributed by atoms with E-state index in [1.807, 2.05) is 12.1 Å². The van der Waals surface area contributed by atoms with Gasteiger partial charge in [0.1, 0.15) is 12.0 Å². The smallest absolute Gasteiger partial charge is 0.287 e. The molecule has 0 fully saturated rings. The topological polar surface area (TPSA) is 123 Å². The lowest BCUT2D eigenvalue weighted by Gasteiger charge is -2.07. The molecule has 1 aromatic carbocycles. The van der Waals surface area contributed by atoms with E-state index in [1.165, 1.54) is 12.3 Å². The van der Waals surface area contributed by atoms with Crippen LogP contribution in [0.2, 0.25) is 0 Å². The Kier molecular flexibility index (Phi) is 5.59. The molecule has 2 aromatic rings. The van der Waals surface area contributed by atoms with Crippen molar-refractivity contribution in [2.75, 3.05) is 18.4 Å². The molecule has 0 aliphatic rings. The fraction of sp³-hybridized carbons (Fsp3) is 0.200. The van der Waals surface area contributed by atoms with E-state index >= 15 is 0 Å². The quantitative estimate of drug-likeness (QED) is 0.522. The second-order valence-electron chi connectivity index (χ2n) is 4.75. The van der Waals surface area contributed by atoms with E-state index in [-0.39, 0.29) is 11.6 Å². The summed E-state index contributed by atoms with van der Waals surface area (Å²) in [5, 5.41) is 16.3. The summed E-state index contributed by atoms with van der Waals surface area (Å²) in [5.41, 5.74) is 6.81. The molecule has 0 atom stereocenters. The van der Waals surface area contributed by atoms with E-state index in [2.05, 4.69) is 15.6 Å². The number of amides is 1. The van der Waals surface area contributed by atoms with Crippen molar-refractivity contribution in [3.8, 4) is 0 Å². The Morgan fingerprint density at radius 3 is 2.52 bits per heavy atom. The molecule has 2 rings (SSSR count). The average molecular weight is 315 g/mol. The third kappa shape index (κ3) is 4.75. The Labute approximate surface area is 132 Å². The highest BCUT2D eigenvalue weighted by Gasteiger charge is 2.06. The number of carbonyl (C=O) groups is 1. The molecule has 0 aliphatic heterocycles. The number of anilines is 1. The Balaban J connectivity index is 1.90. The third-order valence-electron chi connectivity index (χ3n) is 3.08. The minimum atomic E-state index is -0.495. The van der Waals surface area contributed by atoms with Gasteiger partial charge in [-0.3, -0.25) is 14.9 Å². The molecule has 8 heteroatoms. The Morgan fingerprint density at radius 2 is 1.96 bits per heavy atom. The van der Waals surface area contributed by atoms with Gasteiger partial charge in [-0.25, -0.2) is 4.98 Å². The van der Waals surface area contributed by atoms with Gasteiger partial charge in [-0.1, -0.05) is 12.1 Å². The summed E-state index contributed by atoms with van der Waals surface area (Å²) in [6.07, 6.45) is 1.20. The van der Waals surface area contributed by atoms with Gasteiger partial charge in [-0.05, 0) is 23.8 Å². The number of carbonyl (C=O) groups excluding carboxylic acids is 1. The molecule has 120 valence electrons. The van der Waals surface area contributed by atoms with Crippen molar-refractivity contribution in [2.24, 2.45) is 5.73 Å². The summed E-state index contributed by atoms with van der Waals surface area (Å²) in [6, 6.07) is 10.1. The number of nitrogens with two attached hydrogens (primary N) is 1. The molecule has 4 N–H and O–H groups in total. The van der Waals surface area contributed by atoms with Crippen molar-refractivity contribution in [3.05, 3.63) is 63.8 Å². The van der Waals surface area contributed by atoms with Crippen LogP contribution in [-0.4, -0.2) is 28.9 Å². The highest BCUT2D eigenvalue weighted by atomic mass is 16.6. The average Bonchev–Trinajstić information content (AvgIpc) is 2.58. The van der Waals surface area contributed by atoms with Crippen LogP contribution in [0.25, 0.3) is 0 Å². The molecule has 23 heavy (non-hydrogen) atoms. The first-order chi connectivity index (χ1) is 11.1. The van der Waals surface area contributed by atoms with E-state index in [9.17, 15) is 14.9 Å². The molecule has 1 heterocycles. The minimum Gasteiger partial charge on any atom is -0.366 e. The number of nitrogens with zero attached hydrogens (tertiary/aromatic N) is 2. The fourth-order valence-electron chi connectivity index (χ4n) is 1.85. The van der Waals surface area contributed by atoms with Crippen molar-refractivity contribution < 1.29 is 9.72 Å².